The van der Waals surface area contributed by atoms with Crippen LogP contribution >= 0.6 is 11.6 Å². The van der Waals surface area contributed by atoms with Crippen molar-refractivity contribution < 1.29 is 19.4 Å². The lowest BCUT2D eigenvalue weighted by Gasteiger charge is -2.07. The standard InChI is InChI=1S/C19H14ClN3O4/c20-12-5-7-13(8-6-12)26-11-18(25)27-10-17(24)14(9-21)19-22-15-3-1-2-4-16(15)23-19/h1-8,24H,10-11H2,(H,22,23)/b17-14+. The molecule has 0 saturated heterocycles. The quantitative estimate of drug-likeness (QED) is 0.382. The second-order valence-corrected chi connectivity index (χ2v) is 5.88. The number of aliphatic hydroxyl groups is 1. The number of nitrogens with one attached hydrogen (secondary N) is 1. The number of benzene rings is 2. The SMILES string of the molecule is N#C/C(=C(\O)COC(=O)COc1ccc(Cl)cc1)c1nc2ccccc2[nH]1. The van der Waals surface area contributed by atoms with E-state index in [9.17, 15) is 15.2 Å². The Hall–Kier alpha value is -3.50. The number of carbonyl (C=O) groups excluding carboxylic acids is 1. The van der Waals surface area contributed by atoms with Crippen molar-refractivity contribution in [3.8, 4) is 11.8 Å². The Morgan fingerprint density at radius 2 is 1.93 bits per heavy atom. The van der Waals surface area contributed by atoms with Crippen molar-refractivity contribution in [3.63, 3.8) is 0 Å². The van der Waals surface area contributed by atoms with Gasteiger partial charge in [-0.3, -0.25) is 0 Å². The Balaban J connectivity index is 1.61. The summed E-state index contributed by atoms with van der Waals surface area (Å²) in [6.45, 7) is -0.815. The normalized spacial score (nSPS) is 11.6. The third-order valence-electron chi connectivity index (χ3n) is 3.57. The van der Waals surface area contributed by atoms with E-state index in [-0.39, 0.29) is 18.0 Å². The summed E-state index contributed by atoms with van der Waals surface area (Å²) in [6.07, 6.45) is 0. The summed E-state index contributed by atoms with van der Waals surface area (Å²) < 4.78 is 10.2. The lowest BCUT2D eigenvalue weighted by molar-refractivity contribution is -0.145. The van der Waals surface area contributed by atoms with Gasteiger partial charge in [-0.25, -0.2) is 9.78 Å². The van der Waals surface area contributed by atoms with E-state index in [0.717, 1.165) is 5.52 Å². The van der Waals surface area contributed by atoms with Crippen molar-refractivity contribution in [2.24, 2.45) is 0 Å². The molecule has 0 radical (unpaired) electrons. The second kappa shape index (κ2) is 8.25. The number of allylic oxidation sites excluding steroid dienone is 1. The van der Waals surface area contributed by atoms with E-state index >= 15 is 0 Å². The molecule has 0 fully saturated rings. The predicted octanol–water partition coefficient (Wildman–Crippen LogP) is 3.63. The molecule has 0 unspecified atom stereocenters. The monoisotopic (exact) mass is 383 g/mol. The fourth-order valence-corrected chi connectivity index (χ4v) is 2.39. The molecule has 0 aliphatic heterocycles. The molecule has 0 atom stereocenters. The maximum absolute atomic E-state index is 11.8. The Bertz CT molecular complexity index is 1000. The molecular weight excluding hydrogens is 370 g/mol. The van der Waals surface area contributed by atoms with E-state index in [4.69, 9.17) is 21.1 Å². The Morgan fingerprint density at radius 3 is 2.63 bits per heavy atom. The summed E-state index contributed by atoms with van der Waals surface area (Å²) in [4.78, 5) is 18.9. The van der Waals surface area contributed by atoms with Crippen molar-refractivity contribution >= 4 is 34.2 Å². The van der Waals surface area contributed by atoms with Gasteiger partial charge in [0.15, 0.2) is 18.2 Å². The Kier molecular flexibility index (Phi) is 5.59. The molecular formula is C19H14ClN3O4. The minimum absolute atomic E-state index is 0.0994. The number of fused-ring (bicyclic) bond motifs is 1. The molecule has 0 aliphatic rings. The first-order valence-corrected chi connectivity index (χ1v) is 8.26. The van der Waals surface area contributed by atoms with E-state index in [1.165, 1.54) is 0 Å². The minimum atomic E-state index is -0.696. The molecule has 1 aromatic heterocycles. The zero-order chi connectivity index (χ0) is 19.2. The molecule has 0 spiro atoms. The first kappa shape index (κ1) is 18.3. The fourth-order valence-electron chi connectivity index (χ4n) is 2.26. The molecule has 2 N–H and O–H groups in total. The molecule has 0 bridgehead atoms. The van der Waals surface area contributed by atoms with Gasteiger partial charge in [-0.2, -0.15) is 5.26 Å². The van der Waals surface area contributed by atoms with Gasteiger partial charge in [-0.05, 0) is 36.4 Å². The third-order valence-corrected chi connectivity index (χ3v) is 3.82. The number of carbonyl (C=O) groups is 1. The van der Waals surface area contributed by atoms with Crippen molar-refractivity contribution in [2.45, 2.75) is 0 Å². The summed E-state index contributed by atoms with van der Waals surface area (Å²) in [5.41, 5.74) is 1.28. The highest BCUT2D eigenvalue weighted by Crippen LogP contribution is 2.19. The van der Waals surface area contributed by atoms with Crippen molar-refractivity contribution in [2.75, 3.05) is 13.2 Å². The number of hydrogen-bond acceptors (Lipinski definition) is 6. The number of esters is 1. The number of ether oxygens (including phenoxy) is 2. The van der Waals surface area contributed by atoms with Crippen LogP contribution in [-0.2, 0) is 9.53 Å². The summed E-state index contributed by atoms with van der Waals surface area (Å²) in [7, 11) is 0. The largest absolute Gasteiger partial charge is 0.507 e. The maximum atomic E-state index is 11.8. The molecule has 136 valence electrons. The van der Waals surface area contributed by atoms with Crippen molar-refractivity contribution in [3.05, 3.63) is 65.1 Å². The number of halogens is 1. The van der Waals surface area contributed by atoms with E-state index in [1.807, 2.05) is 18.2 Å². The minimum Gasteiger partial charge on any atom is -0.507 e. The van der Waals surface area contributed by atoms with Crippen LogP contribution in [0.15, 0.2) is 54.3 Å². The van der Waals surface area contributed by atoms with Crippen LogP contribution in [0.2, 0.25) is 5.02 Å². The van der Waals surface area contributed by atoms with Crippen LogP contribution in [0.1, 0.15) is 5.82 Å². The van der Waals surface area contributed by atoms with Crippen LogP contribution in [-0.4, -0.2) is 34.3 Å². The zero-order valence-electron chi connectivity index (χ0n) is 14.0. The molecule has 0 amide bonds. The first-order valence-electron chi connectivity index (χ1n) is 7.88. The summed E-state index contributed by atoms with van der Waals surface area (Å²) >= 11 is 5.76. The van der Waals surface area contributed by atoms with Gasteiger partial charge in [-0.15, -0.1) is 0 Å². The molecule has 27 heavy (non-hydrogen) atoms. The van der Waals surface area contributed by atoms with Crippen LogP contribution in [0, 0.1) is 11.3 Å². The van der Waals surface area contributed by atoms with Gasteiger partial charge in [-0.1, -0.05) is 23.7 Å². The van der Waals surface area contributed by atoms with E-state index in [1.54, 1.807) is 36.4 Å². The molecule has 0 aliphatic carbocycles. The van der Waals surface area contributed by atoms with Crippen molar-refractivity contribution in [1.82, 2.24) is 9.97 Å². The Morgan fingerprint density at radius 1 is 1.19 bits per heavy atom. The van der Waals surface area contributed by atoms with Gasteiger partial charge >= 0.3 is 5.97 Å². The topological polar surface area (TPSA) is 108 Å². The number of hydrogen-bond donors (Lipinski definition) is 2. The molecule has 3 aromatic rings. The third kappa shape index (κ3) is 4.57. The molecule has 0 saturated carbocycles. The van der Waals surface area contributed by atoms with Crippen LogP contribution in [0.3, 0.4) is 0 Å². The van der Waals surface area contributed by atoms with Crippen molar-refractivity contribution in [1.29, 1.82) is 5.26 Å². The van der Waals surface area contributed by atoms with Gasteiger partial charge in [0.05, 0.1) is 11.0 Å². The average molecular weight is 384 g/mol. The van der Waals surface area contributed by atoms with Crippen LogP contribution in [0.25, 0.3) is 16.6 Å². The van der Waals surface area contributed by atoms with Crippen LogP contribution in [0.4, 0.5) is 0 Å². The van der Waals surface area contributed by atoms with E-state index in [0.29, 0.717) is 16.3 Å². The lowest BCUT2D eigenvalue weighted by atomic mass is 10.2. The molecule has 1 heterocycles. The fraction of sp³-hybridized carbons (Fsp3) is 0.105. The van der Waals surface area contributed by atoms with Gasteiger partial charge in [0.1, 0.15) is 24.0 Å². The lowest BCUT2D eigenvalue weighted by Crippen LogP contribution is -2.16. The number of rotatable bonds is 6. The van der Waals surface area contributed by atoms with Gasteiger partial charge in [0.25, 0.3) is 0 Å². The van der Waals surface area contributed by atoms with Gasteiger partial charge in [0, 0.05) is 5.02 Å². The second-order valence-electron chi connectivity index (χ2n) is 5.44. The number of nitriles is 1. The summed E-state index contributed by atoms with van der Waals surface area (Å²) in [6, 6.07) is 15.6. The summed E-state index contributed by atoms with van der Waals surface area (Å²) in [5.74, 6) is -0.449. The number of H-pyrrole nitrogens is 1. The number of aliphatic hydroxyl groups excluding tert-OH is 1. The van der Waals surface area contributed by atoms with Gasteiger partial charge in [0.2, 0.25) is 0 Å². The van der Waals surface area contributed by atoms with Crippen LogP contribution in [0.5, 0.6) is 5.75 Å². The first-order chi connectivity index (χ1) is 13.1. The number of nitrogens with zero attached hydrogens (tertiary/aromatic N) is 2. The van der Waals surface area contributed by atoms with E-state index in [2.05, 4.69) is 9.97 Å². The average Bonchev–Trinajstić information content (AvgIpc) is 3.10. The number of aromatic nitrogens is 2. The molecule has 7 nitrogen and oxygen atoms in total. The highest BCUT2D eigenvalue weighted by molar-refractivity contribution is 6.30. The zero-order valence-corrected chi connectivity index (χ0v) is 14.7. The van der Waals surface area contributed by atoms with Gasteiger partial charge < -0.3 is 19.6 Å². The highest BCUT2D eigenvalue weighted by Gasteiger charge is 2.15. The number of aromatic amines is 1. The molecule has 8 heteroatoms. The molecule has 2 aromatic carbocycles. The van der Waals surface area contributed by atoms with E-state index < -0.39 is 18.3 Å². The summed E-state index contributed by atoms with van der Waals surface area (Å²) in [5, 5.41) is 20.0. The molecule has 3 rings (SSSR count). The maximum Gasteiger partial charge on any atom is 0.344 e. The Labute approximate surface area is 159 Å². The smallest absolute Gasteiger partial charge is 0.344 e. The number of imidazole rings is 1. The predicted molar refractivity (Wildman–Crippen MR) is 99.2 cm³/mol. The van der Waals surface area contributed by atoms with Crippen LogP contribution < -0.4 is 4.74 Å². The number of para-hydroxylation sites is 2. The highest BCUT2D eigenvalue weighted by atomic mass is 35.5.